The summed E-state index contributed by atoms with van der Waals surface area (Å²) in [6.07, 6.45) is -0.876. The van der Waals surface area contributed by atoms with Crippen molar-refractivity contribution < 1.29 is 19.1 Å². The van der Waals surface area contributed by atoms with Crippen molar-refractivity contribution in [2.75, 3.05) is 11.9 Å². The van der Waals surface area contributed by atoms with Crippen LogP contribution in [0, 0.1) is 5.92 Å². The topological polar surface area (TPSA) is 75.7 Å². The molecule has 0 aliphatic carbocycles. The first-order chi connectivity index (χ1) is 13.4. The summed E-state index contributed by atoms with van der Waals surface area (Å²) in [5, 5.41) is 3.22. The molecule has 146 valence electrons. The monoisotopic (exact) mass is 400 g/mol. The van der Waals surface area contributed by atoms with Gasteiger partial charge in [-0.25, -0.2) is 0 Å². The summed E-state index contributed by atoms with van der Waals surface area (Å²) in [6.45, 7) is 2.25. The highest BCUT2D eigenvalue weighted by atomic mass is 35.5. The molecule has 2 amide bonds. The van der Waals surface area contributed by atoms with Gasteiger partial charge in [-0.15, -0.1) is 0 Å². The number of esters is 1. The van der Waals surface area contributed by atoms with E-state index in [2.05, 4.69) is 5.32 Å². The Hall–Kier alpha value is -2.86. The molecule has 1 aliphatic heterocycles. The highest BCUT2D eigenvalue weighted by Crippen LogP contribution is 2.22. The minimum atomic E-state index is -0.971. The molecule has 0 radical (unpaired) electrons. The molecule has 0 aromatic heterocycles. The van der Waals surface area contributed by atoms with Gasteiger partial charge in [0.05, 0.1) is 5.92 Å². The molecular formula is C21H21ClN2O4. The van der Waals surface area contributed by atoms with Crippen LogP contribution in [0.5, 0.6) is 0 Å². The molecule has 2 atom stereocenters. The van der Waals surface area contributed by atoms with Crippen LogP contribution in [-0.4, -0.2) is 35.3 Å². The number of hydrogen-bond acceptors (Lipinski definition) is 4. The first-order valence-corrected chi connectivity index (χ1v) is 9.39. The van der Waals surface area contributed by atoms with Crippen LogP contribution in [0.15, 0.2) is 54.6 Å². The molecule has 0 saturated carbocycles. The number of hydrogen-bond donors (Lipinski definition) is 1. The zero-order chi connectivity index (χ0) is 20.1. The Kier molecular flexibility index (Phi) is 6.31. The summed E-state index contributed by atoms with van der Waals surface area (Å²) in [5.74, 6) is -1.64. The fourth-order valence-corrected chi connectivity index (χ4v) is 3.11. The number of anilines is 1. The fourth-order valence-electron chi connectivity index (χ4n) is 2.99. The second-order valence-electron chi connectivity index (χ2n) is 6.74. The maximum Gasteiger partial charge on any atom is 0.312 e. The lowest BCUT2D eigenvalue weighted by Crippen LogP contribution is -2.33. The van der Waals surface area contributed by atoms with Crippen molar-refractivity contribution in [3.8, 4) is 0 Å². The number of carbonyl (C=O) groups excluding carboxylic acids is 3. The highest BCUT2D eigenvalue weighted by molar-refractivity contribution is 6.30. The summed E-state index contributed by atoms with van der Waals surface area (Å²) in [6, 6.07) is 16.2. The minimum Gasteiger partial charge on any atom is -0.452 e. The SMILES string of the molecule is C[C@@H](OC(=O)[C@@H]1CC(=O)N(Cc2ccccc2)C1)C(=O)Nc1ccc(Cl)cc1. The second-order valence-corrected chi connectivity index (χ2v) is 7.17. The van der Waals surface area contributed by atoms with E-state index < -0.39 is 23.9 Å². The molecule has 1 heterocycles. The van der Waals surface area contributed by atoms with Crippen molar-refractivity contribution in [2.24, 2.45) is 5.92 Å². The van der Waals surface area contributed by atoms with Gasteiger partial charge in [0.1, 0.15) is 0 Å². The highest BCUT2D eigenvalue weighted by Gasteiger charge is 2.36. The van der Waals surface area contributed by atoms with Crippen LogP contribution in [0.2, 0.25) is 5.02 Å². The maximum atomic E-state index is 12.4. The van der Waals surface area contributed by atoms with E-state index in [1.807, 2.05) is 30.3 Å². The largest absolute Gasteiger partial charge is 0.452 e. The van der Waals surface area contributed by atoms with Crippen LogP contribution in [-0.2, 0) is 25.7 Å². The number of carbonyl (C=O) groups is 3. The first-order valence-electron chi connectivity index (χ1n) is 9.01. The molecule has 2 aromatic carbocycles. The standard InChI is InChI=1S/C21H21ClN2O4/c1-14(20(26)23-18-9-7-17(22)8-10-18)28-21(27)16-11-19(25)24(13-16)12-15-5-3-2-4-6-15/h2-10,14,16H,11-13H2,1H3,(H,23,26)/t14-,16-/m1/s1. The molecular weight excluding hydrogens is 380 g/mol. The van der Waals surface area contributed by atoms with E-state index >= 15 is 0 Å². The Labute approximate surface area is 168 Å². The van der Waals surface area contributed by atoms with Gasteiger partial charge in [-0.05, 0) is 36.8 Å². The summed E-state index contributed by atoms with van der Waals surface area (Å²) >= 11 is 5.81. The fraction of sp³-hybridized carbons (Fsp3) is 0.286. The molecule has 2 aromatic rings. The molecule has 1 aliphatic rings. The molecule has 1 fully saturated rings. The van der Waals surface area contributed by atoms with E-state index in [0.717, 1.165) is 5.56 Å². The van der Waals surface area contributed by atoms with Crippen LogP contribution in [0.4, 0.5) is 5.69 Å². The smallest absolute Gasteiger partial charge is 0.312 e. The van der Waals surface area contributed by atoms with Crippen LogP contribution in [0.3, 0.4) is 0 Å². The van der Waals surface area contributed by atoms with Crippen LogP contribution in [0.25, 0.3) is 0 Å². The Morgan fingerprint density at radius 1 is 1.18 bits per heavy atom. The molecule has 0 spiro atoms. The molecule has 1 N–H and O–H groups in total. The number of benzene rings is 2. The van der Waals surface area contributed by atoms with E-state index in [-0.39, 0.29) is 18.9 Å². The first kappa shape index (κ1) is 19.9. The van der Waals surface area contributed by atoms with Gasteiger partial charge < -0.3 is 15.0 Å². The second kappa shape index (κ2) is 8.89. The Bertz CT molecular complexity index is 854. The third kappa shape index (κ3) is 5.10. The number of nitrogens with zero attached hydrogens (tertiary/aromatic N) is 1. The summed E-state index contributed by atoms with van der Waals surface area (Å²) in [4.78, 5) is 38.5. The van der Waals surface area contributed by atoms with Crippen molar-refractivity contribution in [3.63, 3.8) is 0 Å². The average Bonchev–Trinajstić information content (AvgIpc) is 3.05. The van der Waals surface area contributed by atoms with Gasteiger partial charge in [-0.3, -0.25) is 14.4 Å². The minimum absolute atomic E-state index is 0.0935. The van der Waals surface area contributed by atoms with E-state index in [1.54, 1.807) is 29.2 Å². The number of ether oxygens (including phenoxy) is 1. The van der Waals surface area contributed by atoms with E-state index in [4.69, 9.17) is 16.3 Å². The lowest BCUT2D eigenvalue weighted by molar-refractivity contribution is -0.157. The molecule has 0 bridgehead atoms. The molecule has 0 unspecified atom stereocenters. The normalized spacial score (nSPS) is 17.3. The zero-order valence-corrected chi connectivity index (χ0v) is 16.2. The van der Waals surface area contributed by atoms with Crippen LogP contribution >= 0.6 is 11.6 Å². The van der Waals surface area contributed by atoms with Crippen molar-refractivity contribution >= 4 is 35.1 Å². The van der Waals surface area contributed by atoms with Gasteiger partial charge in [-0.1, -0.05) is 41.9 Å². The van der Waals surface area contributed by atoms with Gasteiger partial charge in [0, 0.05) is 30.2 Å². The number of nitrogens with one attached hydrogen (secondary N) is 1. The molecule has 3 rings (SSSR count). The number of halogens is 1. The van der Waals surface area contributed by atoms with E-state index in [0.29, 0.717) is 17.3 Å². The van der Waals surface area contributed by atoms with Crippen molar-refractivity contribution in [3.05, 3.63) is 65.2 Å². The number of amides is 2. The van der Waals surface area contributed by atoms with Gasteiger partial charge in [0.25, 0.3) is 5.91 Å². The van der Waals surface area contributed by atoms with Gasteiger partial charge in [0.15, 0.2) is 6.10 Å². The van der Waals surface area contributed by atoms with Crippen molar-refractivity contribution in [2.45, 2.75) is 26.0 Å². The summed E-state index contributed by atoms with van der Waals surface area (Å²) < 4.78 is 5.28. The predicted molar refractivity (Wildman–Crippen MR) is 106 cm³/mol. The van der Waals surface area contributed by atoms with Crippen LogP contribution < -0.4 is 5.32 Å². The number of rotatable bonds is 6. The molecule has 28 heavy (non-hydrogen) atoms. The third-order valence-electron chi connectivity index (χ3n) is 4.54. The van der Waals surface area contributed by atoms with Crippen LogP contribution in [0.1, 0.15) is 18.9 Å². The number of likely N-dealkylation sites (tertiary alicyclic amines) is 1. The van der Waals surface area contributed by atoms with Gasteiger partial charge >= 0.3 is 5.97 Å². The lowest BCUT2D eigenvalue weighted by atomic mass is 10.1. The Morgan fingerprint density at radius 3 is 2.54 bits per heavy atom. The van der Waals surface area contributed by atoms with E-state index in [9.17, 15) is 14.4 Å². The lowest BCUT2D eigenvalue weighted by Gasteiger charge is -2.18. The predicted octanol–water partition coefficient (Wildman–Crippen LogP) is 3.26. The third-order valence-corrected chi connectivity index (χ3v) is 4.79. The van der Waals surface area contributed by atoms with Crippen molar-refractivity contribution in [1.29, 1.82) is 0 Å². The maximum absolute atomic E-state index is 12.4. The van der Waals surface area contributed by atoms with E-state index in [1.165, 1.54) is 6.92 Å². The zero-order valence-electron chi connectivity index (χ0n) is 15.4. The quantitative estimate of drug-likeness (QED) is 0.755. The summed E-state index contributed by atoms with van der Waals surface area (Å²) in [5.41, 5.74) is 1.56. The molecule has 7 heteroatoms. The van der Waals surface area contributed by atoms with Crippen molar-refractivity contribution in [1.82, 2.24) is 4.90 Å². The molecule has 6 nitrogen and oxygen atoms in total. The summed E-state index contributed by atoms with van der Waals surface area (Å²) in [7, 11) is 0. The molecule has 1 saturated heterocycles. The van der Waals surface area contributed by atoms with Gasteiger partial charge in [0.2, 0.25) is 5.91 Å². The Balaban J connectivity index is 1.51. The Morgan fingerprint density at radius 2 is 1.86 bits per heavy atom. The van der Waals surface area contributed by atoms with Gasteiger partial charge in [-0.2, -0.15) is 0 Å². The average molecular weight is 401 g/mol.